The van der Waals surface area contributed by atoms with Crippen molar-refractivity contribution in [3.05, 3.63) is 78.4 Å². The number of hydrogen-bond acceptors (Lipinski definition) is 4. The van der Waals surface area contributed by atoms with Crippen molar-refractivity contribution in [3.8, 4) is 5.69 Å². The lowest BCUT2D eigenvalue weighted by Crippen LogP contribution is -2.25. The fraction of sp³-hybridized carbons (Fsp3) is 0.143. The summed E-state index contributed by atoms with van der Waals surface area (Å²) in [6, 6.07) is 14.8. The van der Waals surface area contributed by atoms with E-state index in [2.05, 4.69) is 20.7 Å². The maximum atomic E-state index is 12.3. The van der Waals surface area contributed by atoms with Crippen molar-refractivity contribution in [2.45, 2.75) is 18.9 Å². The van der Waals surface area contributed by atoms with Gasteiger partial charge in [-0.15, -0.1) is 0 Å². The van der Waals surface area contributed by atoms with Crippen molar-refractivity contribution in [2.24, 2.45) is 0 Å². The van der Waals surface area contributed by atoms with Gasteiger partial charge in [-0.1, -0.05) is 24.3 Å². The molecule has 1 aromatic heterocycles. The van der Waals surface area contributed by atoms with Crippen molar-refractivity contribution in [1.29, 1.82) is 0 Å². The molecule has 1 saturated carbocycles. The molecular weight excluding hydrogens is 354 g/mol. The van der Waals surface area contributed by atoms with Crippen LogP contribution in [-0.4, -0.2) is 32.6 Å². The van der Waals surface area contributed by atoms with E-state index in [0.29, 0.717) is 17.3 Å². The molecular formula is C21H19N5O2. The summed E-state index contributed by atoms with van der Waals surface area (Å²) < 4.78 is 1.59. The number of carbonyl (C=O) groups excluding carboxylic acids is 2. The summed E-state index contributed by atoms with van der Waals surface area (Å²) >= 11 is 0. The molecule has 1 fully saturated rings. The quantitative estimate of drug-likeness (QED) is 0.650. The number of aromatic nitrogens is 3. The van der Waals surface area contributed by atoms with Crippen LogP contribution in [0, 0.1) is 0 Å². The smallest absolute Gasteiger partial charge is 0.251 e. The minimum atomic E-state index is -0.261. The molecule has 0 spiro atoms. The summed E-state index contributed by atoms with van der Waals surface area (Å²) in [4.78, 5) is 28.2. The first-order chi connectivity index (χ1) is 13.7. The Balaban J connectivity index is 1.40. The fourth-order valence-electron chi connectivity index (χ4n) is 2.70. The second-order valence-corrected chi connectivity index (χ2v) is 6.55. The Bertz CT molecular complexity index is 1010. The summed E-state index contributed by atoms with van der Waals surface area (Å²) in [5.74, 6) is -0.316. The van der Waals surface area contributed by atoms with Gasteiger partial charge in [0.1, 0.15) is 12.7 Å². The third-order valence-corrected chi connectivity index (χ3v) is 4.34. The molecule has 3 aromatic rings. The SMILES string of the molecule is O=C(/C=C/c1ccc(C(=O)NC2CC2)cc1)Nc1ccccc1-n1cncn1. The molecule has 0 radical (unpaired) electrons. The highest BCUT2D eigenvalue weighted by molar-refractivity contribution is 6.03. The van der Waals surface area contributed by atoms with E-state index in [9.17, 15) is 9.59 Å². The molecule has 0 aliphatic heterocycles. The number of hydrogen-bond donors (Lipinski definition) is 2. The normalized spacial score (nSPS) is 13.4. The maximum absolute atomic E-state index is 12.3. The molecule has 0 saturated heterocycles. The number of nitrogens with zero attached hydrogens (tertiary/aromatic N) is 3. The Morgan fingerprint density at radius 3 is 2.57 bits per heavy atom. The zero-order valence-corrected chi connectivity index (χ0v) is 15.1. The predicted octanol–water partition coefficient (Wildman–Crippen LogP) is 2.81. The van der Waals surface area contributed by atoms with E-state index in [1.54, 1.807) is 35.3 Å². The number of anilines is 1. The van der Waals surface area contributed by atoms with Gasteiger partial charge in [0, 0.05) is 17.7 Å². The second kappa shape index (κ2) is 7.87. The molecule has 0 bridgehead atoms. The van der Waals surface area contributed by atoms with Crippen LogP contribution >= 0.6 is 0 Å². The largest absolute Gasteiger partial charge is 0.349 e. The summed E-state index contributed by atoms with van der Waals surface area (Å²) in [7, 11) is 0. The first-order valence-corrected chi connectivity index (χ1v) is 9.03. The van der Waals surface area contributed by atoms with Crippen molar-refractivity contribution >= 4 is 23.6 Å². The van der Waals surface area contributed by atoms with Crippen molar-refractivity contribution in [1.82, 2.24) is 20.1 Å². The number of benzene rings is 2. The fourth-order valence-corrected chi connectivity index (χ4v) is 2.70. The molecule has 7 heteroatoms. The molecule has 2 aromatic carbocycles. The van der Waals surface area contributed by atoms with Crippen molar-refractivity contribution in [3.63, 3.8) is 0 Å². The van der Waals surface area contributed by atoms with E-state index in [-0.39, 0.29) is 11.8 Å². The van der Waals surface area contributed by atoms with Gasteiger partial charge in [-0.2, -0.15) is 5.10 Å². The zero-order chi connectivity index (χ0) is 19.3. The van der Waals surface area contributed by atoms with E-state index in [0.717, 1.165) is 24.1 Å². The van der Waals surface area contributed by atoms with E-state index < -0.39 is 0 Å². The molecule has 7 nitrogen and oxygen atoms in total. The highest BCUT2D eigenvalue weighted by atomic mass is 16.2. The van der Waals surface area contributed by atoms with Crippen LogP contribution in [0.4, 0.5) is 5.69 Å². The van der Waals surface area contributed by atoms with Crippen molar-refractivity contribution in [2.75, 3.05) is 5.32 Å². The van der Waals surface area contributed by atoms with E-state index in [1.807, 2.05) is 30.3 Å². The second-order valence-electron chi connectivity index (χ2n) is 6.55. The third-order valence-electron chi connectivity index (χ3n) is 4.34. The average molecular weight is 373 g/mol. The Morgan fingerprint density at radius 2 is 1.86 bits per heavy atom. The lowest BCUT2D eigenvalue weighted by molar-refractivity contribution is -0.111. The lowest BCUT2D eigenvalue weighted by atomic mass is 10.1. The van der Waals surface area contributed by atoms with Crippen LogP contribution in [0.1, 0.15) is 28.8 Å². The van der Waals surface area contributed by atoms with Gasteiger partial charge in [-0.3, -0.25) is 9.59 Å². The molecule has 2 N–H and O–H groups in total. The Labute approximate surface area is 162 Å². The lowest BCUT2D eigenvalue weighted by Gasteiger charge is -2.09. The van der Waals surface area contributed by atoms with Crippen LogP contribution in [-0.2, 0) is 4.79 Å². The van der Waals surface area contributed by atoms with E-state index >= 15 is 0 Å². The van der Waals surface area contributed by atoms with Gasteiger partial charge >= 0.3 is 0 Å². The van der Waals surface area contributed by atoms with Gasteiger partial charge in [-0.05, 0) is 48.7 Å². The molecule has 28 heavy (non-hydrogen) atoms. The number of amides is 2. The summed E-state index contributed by atoms with van der Waals surface area (Å²) in [5, 5.41) is 9.90. The Kier molecular flexibility index (Phi) is 4.97. The van der Waals surface area contributed by atoms with Gasteiger partial charge in [-0.25, -0.2) is 9.67 Å². The number of carbonyl (C=O) groups is 2. The molecule has 1 aliphatic rings. The van der Waals surface area contributed by atoms with E-state index in [1.165, 1.54) is 12.4 Å². The van der Waals surface area contributed by atoms with Gasteiger partial charge in [0.25, 0.3) is 5.91 Å². The highest BCUT2D eigenvalue weighted by Crippen LogP contribution is 2.20. The Morgan fingerprint density at radius 1 is 1.07 bits per heavy atom. The standard InChI is InChI=1S/C21H19N5O2/c27-20(25-18-3-1-2-4-19(18)26-14-22-13-23-26)12-7-15-5-8-16(9-6-15)21(28)24-17-10-11-17/h1-9,12-14,17H,10-11H2,(H,24,28)(H,25,27)/b12-7+. The zero-order valence-electron chi connectivity index (χ0n) is 15.1. The first-order valence-electron chi connectivity index (χ1n) is 9.03. The number of para-hydroxylation sites is 2. The molecule has 140 valence electrons. The molecule has 1 aliphatic carbocycles. The summed E-state index contributed by atoms with van der Waals surface area (Å²) in [5.41, 5.74) is 2.82. The first kappa shape index (κ1) is 17.7. The van der Waals surface area contributed by atoms with Gasteiger partial charge in [0.05, 0.1) is 11.4 Å². The Hall–Kier alpha value is -3.74. The van der Waals surface area contributed by atoms with Gasteiger partial charge < -0.3 is 10.6 Å². The van der Waals surface area contributed by atoms with Crippen LogP contribution in [0.2, 0.25) is 0 Å². The molecule has 4 rings (SSSR count). The molecule has 1 heterocycles. The highest BCUT2D eigenvalue weighted by Gasteiger charge is 2.23. The molecule has 2 amide bonds. The average Bonchev–Trinajstić information content (AvgIpc) is 3.36. The summed E-state index contributed by atoms with van der Waals surface area (Å²) in [6.07, 6.45) is 8.28. The van der Waals surface area contributed by atoms with Crippen LogP contribution in [0.3, 0.4) is 0 Å². The maximum Gasteiger partial charge on any atom is 0.251 e. The molecule has 0 unspecified atom stereocenters. The monoisotopic (exact) mass is 373 g/mol. The third kappa shape index (κ3) is 4.32. The van der Waals surface area contributed by atoms with Crippen LogP contribution < -0.4 is 10.6 Å². The molecule has 0 atom stereocenters. The van der Waals surface area contributed by atoms with Crippen molar-refractivity contribution < 1.29 is 9.59 Å². The predicted molar refractivity (Wildman–Crippen MR) is 106 cm³/mol. The number of nitrogens with one attached hydrogen (secondary N) is 2. The minimum absolute atomic E-state index is 0.0551. The topological polar surface area (TPSA) is 88.9 Å². The van der Waals surface area contributed by atoms with Crippen LogP contribution in [0.15, 0.2) is 67.3 Å². The summed E-state index contributed by atoms with van der Waals surface area (Å²) in [6.45, 7) is 0. The van der Waals surface area contributed by atoms with Gasteiger partial charge in [0.2, 0.25) is 5.91 Å². The van der Waals surface area contributed by atoms with Crippen LogP contribution in [0.25, 0.3) is 11.8 Å². The van der Waals surface area contributed by atoms with Crippen LogP contribution in [0.5, 0.6) is 0 Å². The van der Waals surface area contributed by atoms with E-state index in [4.69, 9.17) is 0 Å². The minimum Gasteiger partial charge on any atom is -0.349 e. The van der Waals surface area contributed by atoms with Gasteiger partial charge in [0.15, 0.2) is 0 Å². The number of rotatable bonds is 6.